The molecule has 2 atom stereocenters. The Morgan fingerprint density at radius 1 is 0.844 bits per heavy atom. The summed E-state index contributed by atoms with van der Waals surface area (Å²) in [6.45, 7) is 3.39. The van der Waals surface area contributed by atoms with E-state index in [0.29, 0.717) is 13.2 Å². The third-order valence-electron chi connectivity index (χ3n) is 6.39. The van der Waals surface area contributed by atoms with Crippen LogP contribution in [0.5, 0.6) is 5.75 Å². The van der Waals surface area contributed by atoms with Crippen LogP contribution < -0.4 is 4.74 Å². The predicted octanol–water partition coefficient (Wildman–Crippen LogP) is 5.27. The summed E-state index contributed by atoms with van der Waals surface area (Å²) in [7, 11) is 0. The van der Waals surface area contributed by atoms with E-state index in [1.54, 1.807) is 0 Å². The summed E-state index contributed by atoms with van der Waals surface area (Å²) in [5, 5.41) is 12.4. The fourth-order valence-corrected chi connectivity index (χ4v) is 4.76. The molecule has 1 aliphatic rings. The highest BCUT2D eigenvalue weighted by Crippen LogP contribution is 2.31. The number of rotatable bonds is 8. The molecule has 164 valence electrons. The van der Waals surface area contributed by atoms with Crippen LogP contribution in [0.2, 0.25) is 0 Å². The molecule has 3 aromatic carbocycles. The summed E-state index contributed by atoms with van der Waals surface area (Å²) in [5.41, 5.74) is 3.38. The van der Waals surface area contributed by atoms with Gasteiger partial charge in [0.05, 0.1) is 12.1 Å². The number of benzene rings is 3. The largest absolute Gasteiger partial charge is 0.489 e. The van der Waals surface area contributed by atoms with Crippen LogP contribution in [0.3, 0.4) is 0 Å². The maximum absolute atomic E-state index is 11.3. The molecule has 0 spiro atoms. The second kappa shape index (κ2) is 9.60. The zero-order valence-electron chi connectivity index (χ0n) is 18.3. The Kier molecular flexibility index (Phi) is 6.24. The maximum Gasteiger partial charge on any atom is 0.120 e. The monoisotopic (exact) mass is 426 g/mol. The van der Waals surface area contributed by atoms with E-state index >= 15 is 0 Å². The van der Waals surface area contributed by atoms with E-state index in [2.05, 4.69) is 58.1 Å². The molecule has 0 amide bonds. The molecule has 0 aliphatic carbocycles. The number of aromatic nitrogens is 1. The van der Waals surface area contributed by atoms with E-state index in [9.17, 15) is 5.11 Å². The van der Waals surface area contributed by atoms with Crippen molar-refractivity contribution >= 4 is 10.9 Å². The molecule has 2 heterocycles. The average molecular weight is 427 g/mol. The third kappa shape index (κ3) is 4.57. The van der Waals surface area contributed by atoms with Gasteiger partial charge in [-0.2, -0.15) is 0 Å². The van der Waals surface area contributed by atoms with Gasteiger partial charge in [-0.3, -0.25) is 0 Å². The molecule has 4 aromatic rings. The van der Waals surface area contributed by atoms with Crippen LogP contribution in [-0.4, -0.2) is 40.3 Å². The zero-order valence-corrected chi connectivity index (χ0v) is 18.3. The van der Waals surface area contributed by atoms with Crippen LogP contribution in [0.25, 0.3) is 10.9 Å². The van der Waals surface area contributed by atoms with Gasteiger partial charge in [-0.1, -0.05) is 60.7 Å². The van der Waals surface area contributed by atoms with E-state index < -0.39 is 6.10 Å². The average Bonchev–Trinajstić information content (AvgIpc) is 3.49. The first-order chi connectivity index (χ1) is 15.8. The lowest BCUT2D eigenvalue weighted by Gasteiger charge is -2.29. The first-order valence-electron chi connectivity index (χ1n) is 11.5. The normalized spacial score (nSPS) is 16.3. The van der Waals surface area contributed by atoms with Gasteiger partial charge >= 0.3 is 0 Å². The number of aliphatic hydroxyl groups excluding tert-OH is 1. The van der Waals surface area contributed by atoms with Crippen molar-refractivity contribution in [3.8, 4) is 5.75 Å². The summed E-state index contributed by atoms with van der Waals surface area (Å²) in [6.07, 6.45) is 4.05. The molecule has 0 bridgehead atoms. The van der Waals surface area contributed by atoms with Crippen molar-refractivity contribution in [1.29, 1.82) is 0 Å². The van der Waals surface area contributed by atoms with E-state index in [1.807, 2.05) is 42.5 Å². The van der Waals surface area contributed by atoms with Crippen LogP contribution in [0, 0.1) is 0 Å². The summed E-state index contributed by atoms with van der Waals surface area (Å²) >= 11 is 0. The van der Waals surface area contributed by atoms with Gasteiger partial charge in [0, 0.05) is 23.6 Å². The molecule has 0 radical (unpaired) electrons. The smallest absolute Gasteiger partial charge is 0.120 e. The Morgan fingerprint density at radius 3 is 2.31 bits per heavy atom. The van der Waals surface area contributed by atoms with Crippen molar-refractivity contribution < 1.29 is 9.84 Å². The number of aliphatic hydroxyl groups is 1. The number of hydrogen-bond acceptors (Lipinski definition) is 3. The fourth-order valence-electron chi connectivity index (χ4n) is 4.76. The molecule has 1 N–H and O–H groups in total. The van der Waals surface area contributed by atoms with Crippen LogP contribution in [0.15, 0.2) is 91.1 Å². The highest BCUT2D eigenvalue weighted by Gasteiger charge is 2.27. The number of ether oxygens (including phenoxy) is 1. The van der Waals surface area contributed by atoms with Gasteiger partial charge in [0.15, 0.2) is 0 Å². The lowest BCUT2D eigenvalue weighted by atomic mass is 10.0. The van der Waals surface area contributed by atoms with Crippen molar-refractivity contribution in [2.24, 2.45) is 0 Å². The molecule has 1 saturated heterocycles. The van der Waals surface area contributed by atoms with Crippen LogP contribution in [-0.2, 0) is 6.61 Å². The third-order valence-corrected chi connectivity index (χ3v) is 6.39. The Labute approximate surface area is 189 Å². The van der Waals surface area contributed by atoms with Gasteiger partial charge in [-0.25, -0.2) is 0 Å². The van der Waals surface area contributed by atoms with Gasteiger partial charge in [-0.05, 0) is 61.3 Å². The number of likely N-dealkylation sites (tertiary alicyclic amines) is 1. The van der Waals surface area contributed by atoms with Gasteiger partial charge < -0.3 is 19.3 Å². The molecule has 4 heteroatoms. The quantitative estimate of drug-likeness (QED) is 0.417. The molecular weight excluding hydrogens is 396 g/mol. The molecule has 4 nitrogen and oxygen atoms in total. The topological polar surface area (TPSA) is 37.6 Å². The SMILES string of the molecule is OC(CN1CCCC1)C(c1ccccc1)n1ccc2cc(OCc3ccccc3)ccc21. The first kappa shape index (κ1) is 20.8. The van der Waals surface area contributed by atoms with Gasteiger partial charge in [0.25, 0.3) is 0 Å². The predicted molar refractivity (Wildman–Crippen MR) is 129 cm³/mol. The lowest BCUT2D eigenvalue weighted by molar-refractivity contribution is 0.0915. The molecule has 2 unspecified atom stereocenters. The molecule has 0 saturated carbocycles. The Balaban J connectivity index is 1.42. The van der Waals surface area contributed by atoms with Gasteiger partial charge in [0.2, 0.25) is 0 Å². The number of hydrogen-bond donors (Lipinski definition) is 1. The van der Waals surface area contributed by atoms with Gasteiger partial charge in [0.1, 0.15) is 12.4 Å². The van der Waals surface area contributed by atoms with E-state index in [4.69, 9.17) is 4.74 Å². The Hall–Kier alpha value is -3.08. The summed E-state index contributed by atoms with van der Waals surface area (Å²) < 4.78 is 8.24. The van der Waals surface area contributed by atoms with E-state index in [1.165, 1.54) is 12.8 Å². The maximum atomic E-state index is 11.3. The summed E-state index contributed by atoms with van der Waals surface area (Å²) in [5.74, 6) is 0.855. The summed E-state index contributed by atoms with van der Waals surface area (Å²) in [4.78, 5) is 2.38. The fraction of sp³-hybridized carbons (Fsp3) is 0.286. The zero-order chi connectivity index (χ0) is 21.8. The minimum Gasteiger partial charge on any atom is -0.489 e. The Bertz CT molecular complexity index is 1130. The Morgan fingerprint density at radius 2 is 1.56 bits per heavy atom. The molecule has 1 aromatic heterocycles. The standard InChI is InChI=1S/C28H30N2O2/c31-27(20-29-16-7-8-17-29)28(23-11-5-2-6-12-23)30-18-15-24-19-25(13-14-26(24)30)32-21-22-9-3-1-4-10-22/h1-6,9-15,18-19,27-28,31H,7-8,16-17,20-21H2. The number of nitrogens with zero attached hydrogens (tertiary/aromatic N) is 2. The molecule has 1 fully saturated rings. The van der Waals surface area contributed by atoms with Crippen molar-refractivity contribution in [2.75, 3.05) is 19.6 Å². The second-order valence-corrected chi connectivity index (χ2v) is 8.65. The van der Waals surface area contributed by atoms with Crippen molar-refractivity contribution in [2.45, 2.75) is 31.6 Å². The second-order valence-electron chi connectivity index (χ2n) is 8.65. The van der Waals surface area contributed by atoms with E-state index in [-0.39, 0.29) is 6.04 Å². The van der Waals surface area contributed by atoms with E-state index in [0.717, 1.165) is 40.9 Å². The highest BCUT2D eigenvalue weighted by molar-refractivity contribution is 5.82. The van der Waals surface area contributed by atoms with Crippen LogP contribution >= 0.6 is 0 Å². The molecule has 1 aliphatic heterocycles. The lowest BCUT2D eigenvalue weighted by Crippen LogP contribution is -2.36. The molecule has 5 rings (SSSR count). The number of fused-ring (bicyclic) bond motifs is 1. The minimum atomic E-state index is -0.486. The van der Waals surface area contributed by atoms with Crippen molar-refractivity contribution in [3.63, 3.8) is 0 Å². The van der Waals surface area contributed by atoms with Gasteiger partial charge in [-0.15, -0.1) is 0 Å². The first-order valence-corrected chi connectivity index (χ1v) is 11.5. The summed E-state index contributed by atoms with van der Waals surface area (Å²) in [6, 6.07) is 28.8. The van der Waals surface area contributed by atoms with Crippen LogP contribution in [0.1, 0.15) is 30.0 Å². The highest BCUT2D eigenvalue weighted by atomic mass is 16.5. The number of β-amino-alcohol motifs (C(OH)–C–C–N with tert-alkyl or cyclic N) is 1. The van der Waals surface area contributed by atoms with Crippen molar-refractivity contribution in [1.82, 2.24) is 9.47 Å². The molecular formula is C28H30N2O2. The molecule has 32 heavy (non-hydrogen) atoms. The minimum absolute atomic E-state index is 0.134. The van der Waals surface area contributed by atoms with Crippen molar-refractivity contribution in [3.05, 3.63) is 102 Å². The van der Waals surface area contributed by atoms with Crippen LogP contribution in [0.4, 0.5) is 0 Å².